The molecule has 1 nitrogen and oxygen atoms in total. The van der Waals surface area contributed by atoms with Crippen molar-refractivity contribution in [1.82, 2.24) is 0 Å². The third-order valence-corrected chi connectivity index (χ3v) is 2.80. The van der Waals surface area contributed by atoms with Gasteiger partial charge in [-0.3, -0.25) is 0 Å². The molecule has 0 saturated heterocycles. The van der Waals surface area contributed by atoms with Gasteiger partial charge in [-0.25, -0.2) is 0 Å². The Morgan fingerprint density at radius 3 is 2.14 bits per heavy atom. The Labute approximate surface area is 88.9 Å². The first kappa shape index (κ1) is 13.4. The first-order chi connectivity index (χ1) is 6.25. The summed E-state index contributed by atoms with van der Waals surface area (Å²) in [5, 5.41) is 0. The molecule has 0 saturated carbocycles. The summed E-state index contributed by atoms with van der Waals surface area (Å²) in [6.45, 7) is 19.1. The second-order valence-electron chi connectivity index (χ2n) is 5.05. The lowest BCUT2D eigenvalue weighted by atomic mass is 9.91. The zero-order valence-electron chi connectivity index (χ0n) is 10.3. The normalized spacial score (nSPS) is 12.6. The highest BCUT2D eigenvalue weighted by molar-refractivity contribution is 5.21. The van der Waals surface area contributed by atoms with Crippen LogP contribution in [-0.2, 0) is 4.74 Å². The van der Waals surface area contributed by atoms with Crippen LogP contribution in [0.2, 0.25) is 0 Å². The van der Waals surface area contributed by atoms with Gasteiger partial charge in [-0.05, 0) is 31.3 Å². The molecule has 0 aromatic carbocycles. The molecule has 0 radical (unpaired) electrons. The molecule has 0 aliphatic rings. The second kappa shape index (κ2) is 4.79. The summed E-state index contributed by atoms with van der Waals surface area (Å²) in [7, 11) is 0. The van der Waals surface area contributed by atoms with E-state index in [1.54, 1.807) is 6.08 Å². The van der Waals surface area contributed by atoms with Gasteiger partial charge in [-0.15, -0.1) is 0 Å². The predicted molar refractivity (Wildman–Crippen MR) is 63.4 cm³/mol. The van der Waals surface area contributed by atoms with Gasteiger partial charge in [-0.2, -0.15) is 0 Å². The van der Waals surface area contributed by atoms with Crippen molar-refractivity contribution in [2.45, 2.75) is 46.6 Å². The molecule has 0 aliphatic heterocycles. The molecule has 14 heavy (non-hydrogen) atoms. The Hall–Kier alpha value is -0.560. The number of rotatable bonds is 6. The van der Waals surface area contributed by atoms with E-state index >= 15 is 0 Å². The van der Waals surface area contributed by atoms with E-state index in [4.69, 9.17) is 4.74 Å². The maximum Gasteiger partial charge on any atom is 0.0869 e. The van der Waals surface area contributed by atoms with Gasteiger partial charge in [0.25, 0.3) is 0 Å². The minimum Gasteiger partial charge on any atom is -0.370 e. The van der Waals surface area contributed by atoms with Crippen LogP contribution in [0.25, 0.3) is 0 Å². The summed E-state index contributed by atoms with van der Waals surface area (Å²) < 4.78 is 5.87. The van der Waals surface area contributed by atoms with Crippen molar-refractivity contribution in [3.8, 4) is 0 Å². The minimum absolute atomic E-state index is 0.235. The van der Waals surface area contributed by atoms with Crippen molar-refractivity contribution in [2.75, 3.05) is 6.61 Å². The fraction of sp³-hybridized carbons (Fsp3) is 0.692. The SMILES string of the molecule is C=CC(=C)C(C)(C)OCC(C)(C)CC. The van der Waals surface area contributed by atoms with Gasteiger partial charge >= 0.3 is 0 Å². The molecule has 0 heterocycles. The van der Waals surface area contributed by atoms with Crippen LogP contribution in [0.3, 0.4) is 0 Å². The Balaban J connectivity index is 4.25. The molecule has 0 unspecified atom stereocenters. The van der Waals surface area contributed by atoms with Gasteiger partial charge < -0.3 is 4.74 Å². The van der Waals surface area contributed by atoms with Crippen molar-refractivity contribution < 1.29 is 4.74 Å². The van der Waals surface area contributed by atoms with Crippen LogP contribution in [0, 0.1) is 5.41 Å². The summed E-state index contributed by atoms with van der Waals surface area (Å²) in [6.07, 6.45) is 2.88. The van der Waals surface area contributed by atoms with Crippen LogP contribution < -0.4 is 0 Å². The third kappa shape index (κ3) is 4.10. The van der Waals surface area contributed by atoms with E-state index < -0.39 is 0 Å². The van der Waals surface area contributed by atoms with Crippen molar-refractivity contribution >= 4 is 0 Å². The predicted octanol–water partition coefficient (Wildman–Crippen LogP) is 3.96. The first-order valence-corrected chi connectivity index (χ1v) is 5.21. The molecule has 0 rings (SSSR count). The molecule has 0 spiro atoms. The fourth-order valence-corrected chi connectivity index (χ4v) is 0.816. The molecule has 0 aliphatic carbocycles. The topological polar surface area (TPSA) is 9.23 Å². The van der Waals surface area contributed by atoms with Crippen LogP contribution in [-0.4, -0.2) is 12.2 Å². The molecular formula is C13H24O. The monoisotopic (exact) mass is 196 g/mol. The lowest BCUT2D eigenvalue weighted by Gasteiger charge is -2.31. The molecule has 1 heteroatoms. The van der Waals surface area contributed by atoms with E-state index in [1.165, 1.54) is 0 Å². The Morgan fingerprint density at radius 2 is 1.79 bits per heavy atom. The van der Waals surface area contributed by atoms with Crippen molar-refractivity contribution in [3.63, 3.8) is 0 Å². The van der Waals surface area contributed by atoms with Crippen molar-refractivity contribution in [2.24, 2.45) is 5.41 Å². The van der Waals surface area contributed by atoms with E-state index in [9.17, 15) is 0 Å². The molecule has 0 fully saturated rings. The van der Waals surface area contributed by atoms with Gasteiger partial charge in [-0.1, -0.05) is 40.0 Å². The molecule has 82 valence electrons. The van der Waals surface area contributed by atoms with Crippen LogP contribution >= 0.6 is 0 Å². The van der Waals surface area contributed by atoms with Crippen LogP contribution in [0.4, 0.5) is 0 Å². The van der Waals surface area contributed by atoms with E-state index in [-0.39, 0.29) is 11.0 Å². The fourth-order valence-electron chi connectivity index (χ4n) is 0.816. The minimum atomic E-state index is -0.297. The van der Waals surface area contributed by atoms with Gasteiger partial charge in [0.05, 0.1) is 12.2 Å². The molecular weight excluding hydrogens is 172 g/mol. The largest absolute Gasteiger partial charge is 0.370 e. The van der Waals surface area contributed by atoms with E-state index in [0.717, 1.165) is 18.6 Å². The van der Waals surface area contributed by atoms with Crippen LogP contribution in [0.5, 0.6) is 0 Å². The summed E-state index contributed by atoms with van der Waals surface area (Å²) in [5.41, 5.74) is 0.872. The number of ether oxygens (including phenoxy) is 1. The smallest absolute Gasteiger partial charge is 0.0869 e. The highest BCUT2D eigenvalue weighted by atomic mass is 16.5. The van der Waals surface area contributed by atoms with Crippen molar-refractivity contribution in [3.05, 3.63) is 24.8 Å². The molecule has 0 N–H and O–H groups in total. The standard InChI is InChI=1S/C13H24O/c1-8-11(3)13(6,7)14-10-12(4,5)9-2/h8H,1,3,9-10H2,2,4-7H3. The van der Waals surface area contributed by atoms with E-state index in [2.05, 4.69) is 33.9 Å². The maximum absolute atomic E-state index is 5.87. The lowest BCUT2D eigenvalue weighted by molar-refractivity contribution is -0.0304. The zero-order chi connectivity index (χ0) is 11.4. The molecule has 0 aromatic heterocycles. The quantitative estimate of drug-likeness (QED) is 0.584. The second-order valence-corrected chi connectivity index (χ2v) is 5.05. The number of hydrogen-bond donors (Lipinski definition) is 0. The van der Waals surface area contributed by atoms with Gasteiger partial charge in [0, 0.05) is 0 Å². The molecule has 0 bridgehead atoms. The molecule has 0 atom stereocenters. The van der Waals surface area contributed by atoms with Crippen molar-refractivity contribution in [1.29, 1.82) is 0 Å². The summed E-state index contributed by atoms with van der Waals surface area (Å²) in [4.78, 5) is 0. The summed E-state index contributed by atoms with van der Waals surface area (Å²) >= 11 is 0. The van der Waals surface area contributed by atoms with E-state index in [1.807, 2.05) is 13.8 Å². The van der Waals surface area contributed by atoms with Gasteiger partial charge in [0.15, 0.2) is 0 Å². The first-order valence-electron chi connectivity index (χ1n) is 5.21. The van der Waals surface area contributed by atoms with Crippen LogP contribution in [0.1, 0.15) is 41.0 Å². The summed E-state index contributed by atoms with van der Waals surface area (Å²) in [6, 6.07) is 0. The Morgan fingerprint density at radius 1 is 1.29 bits per heavy atom. The lowest BCUT2D eigenvalue weighted by Crippen LogP contribution is -2.31. The Bertz CT molecular complexity index is 211. The number of hydrogen-bond acceptors (Lipinski definition) is 1. The van der Waals surface area contributed by atoms with Gasteiger partial charge in [0.2, 0.25) is 0 Å². The average Bonchev–Trinajstić information content (AvgIpc) is 2.14. The zero-order valence-corrected chi connectivity index (χ0v) is 10.3. The highest BCUT2D eigenvalue weighted by Crippen LogP contribution is 2.26. The third-order valence-electron chi connectivity index (χ3n) is 2.80. The molecule has 0 amide bonds. The average molecular weight is 196 g/mol. The van der Waals surface area contributed by atoms with E-state index in [0.29, 0.717) is 0 Å². The maximum atomic E-state index is 5.87. The highest BCUT2D eigenvalue weighted by Gasteiger charge is 2.24. The molecule has 0 aromatic rings. The summed E-state index contributed by atoms with van der Waals surface area (Å²) in [5.74, 6) is 0. The van der Waals surface area contributed by atoms with Gasteiger partial charge in [0.1, 0.15) is 0 Å². The van der Waals surface area contributed by atoms with Crippen LogP contribution in [0.15, 0.2) is 24.8 Å². The Kier molecular flexibility index (Phi) is 4.60.